The van der Waals surface area contributed by atoms with Crippen molar-refractivity contribution in [2.75, 3.05) is 64.8 Å². The fraction of sp³-hybridized carbons (Fsp3) is 0.364. The molecule has 0 atom stereocenters. The van der Waals surface area contributed by atoms with Gasteiger partial charge in [0.15, 0.2) is 16.6 Å². The van der Waals surface area contributed by atoms with Gasteiger partial charge in [0.05, 0.1) is 31.5 Å². The van der Waals surface area contributed by atoms with Crippen LogP contribution in [0.3, 0.4) is 0 Å². The Bertz CT molecular complexity index is 1070. The third-order valence-electron chi connectivity index (χ3n) is 5.34. The molecule has 2 aromatic carbocycles. The van der Waals surface area contributed by atoms with Gasteiger partial charge in [-0.25, -0.2) is 4.98 Å². The van der Waals surface area contributed by atoms with Crippen molar-refractivity contribution in [2.45, 2.75) is 0 Å². The molecule has 31 heavy (non-hydrogen) atoms. The minimum atomic E-state index is -0.262. The monoisotopic (exact) mass is 442 g/mol. The van der Waals surface area contributed by atoms with Gasteiger partial charge in [-0.15, -0.1) is 0 Å². The van der Waals surface area contributed by atoms with Gasteiger partial charge >= 0.3 is 0 Å². The molecular formula is C22H26N4O4S. The van der Waals surface area contributed by atoms with Crippen LogP contribution in [0.2, 0.25) is 0 Å². The van der Waals surface area contributed by atoms with Crippen LogP contribution in [0.4, 0.5) is 10.8 Å². The molecule has 9 heteroatoms. The van der Waals surface area contributed by atoms with Crippen molar-refractivity contribution in [3.8, 4) is 17.2 Å². The Morgan fingerprint density at radius 2 is 1.68 bits per heavy atom. The summed E-state index contributed by atoms with van der Waals surface area (Å²) in [5.41, 5.74) is 2.06. The number of anilines is 2. The lowest BCUT2D eigenvalue weighted by atomic mass is 10.1. The molecule has 8 nitrogen and oxygen atoms in total. The topological polar surface area (TPSA) is 76.2 Å². The Labute approximate surface area is 185 Å². The average molecular weight is 443 g/mol. The van der Waals surface area contributed by atoms with Gasteiger partial charge in [-0.2, -0.15) is 0 Å². The number of benzene rings is 2. The molecule has 2 heterocycles. The molecule has 0 radical (unpaired) electrons. The molecule has 1 fully saturated rings. The van der Waals surface area contributed by atoms with Crippen LogP contribution in [0.25, 0.3) is 10.2 Å². The van der Waals surface area contributed by atoms with E-state index in [0.717, 1.165) is 41.5 Å². The van der Waals surface area contributed by atoms with Crippen molar-refractivity contribution in [1.29, 1.82) is 0 Å². The SMILES string of the molecule is COc1cc(C(=O)Nc2ccc3nc(N4CCN(C)CC4)sc3c2)cc(OC)c1OC. The molecular weight excluding hydrogens is 416 g/mol. The number of aromatic nitrogens is 1. The highest BCUT2D eigenvalue weighted by Gasteiger charge is 2.19. The van der Waals surface area contributed by atoms with Crippen molar-refractivity contribution >= 4 is 38.3 Å². The molecule has 164 valence electrons. The van der Waals surface area contributed by atoms with Crippen LogP contribution in [0.15, 0.2) is 30.3 Å². The lowest BCUT2D eigenvalue weighted by Gasteiger charge is -2.31. The quantitative estimate of drug-likeness (QED) is 0.628. The molecule has 0 aliphatic carbocycles. The van der Waals surface area contributed by atoms with Crippen LogP contribution in [-0.4, -0.2) is 70.3 Å². The maximum atomic E-state index is 12.9. The number of carbonyl (C=O) groups is 1. The molecule has 0 spiro atoms. The molecule has 1 amide bonds. The number of rotatable bonds is 6. The first kappa shape index (κ1) is 21.2. The van der Waals surface area contributed by atoms with Gasteiger partial charge in [-0.05, 0) is 37.4 Å². The predicted octanol–water partition coefficient (Wildman–Crippen LogP) is 3.33. The summed E-state index contributed by atoms with van der Waals surface area (Å²) >= 11 is 1.65. The van der Waals surface area contributed by atoms with E-state index in [2.05, 4.69) is 22.2 Å². The minimum absolute atomic E-state index is 0.262. The number of nitrogens with one attached hydrogen (secondary N) is 1. The van der Waals surface area contributed by atoms with Crippen LogP contribution in [0.1, 0.15) is 10.4 Å². The van der Waals surface area contributed by atoms with Gasteiger partial charge < -0.3 is 29.3 Å². The Kier molecular flexibility index (Phi) is 6.15. The number of nitrogens with zero attached hydrogens (tertiary/aromatic N) is 3. The number of fused-ring (bicyclic) bond motifs is 1. The van der Waals surface area contributed by atoms with Gasteiger partial charge in [0.1, 0.15) is 0 Å². The first-order valence-corrected chi connectivity index (χ1v) is 10.8. The van der Waals surface area contributed by atoms with E-state index in [9.17, 15) is 4.79 Å². The number of thiazole rings is 1. The van der Waals surface area contributed by atoms with Gasteiger partial charge in [0.2, 0.25) is 5.75 Å². The normalized spacial score (nSPS) is 14.5. The van der Waals surface area contributed by atoms with Crippen molar-refractivity contribution < 1.29 is 19.0 Å². The fourth-order valence-corrected chi connectivity index (χ4v) is 4.60. The lowest BCUT2D eigenvalue weighted by molar-refractivity contribution is 0.102. The second kappa shape index (κ2) is 8.99. The molecule has 1 aliphatic heterocycles. The van der Waals surface area contributed by atoms with Crippen LogP contribution in [0.5, 0.6) is 17.2 Å². The summed E-state index contributed by atoms with van der Waals surface area (Å²) < 4.78 is 17.1. The first-order chi connectivity index (χ1) is 15.0. The Morgan fingerprint density at radius 3 is 2.29 bits per heavy atom. The summed E-state index contributed by atoms with van der Waals surface area (Å²) in [6, 6.07) is 9.03. The minimum Gasteiger partial charge on any atom is -0.493 e. The molecule has 1 aliphatic rings. The molecule has 4 rings (SSSR count). The Balaban J connectivity index is 1.55. The van der Waals surface area contributed by atoms with Gasteiger partial charge in [0.25, 0.3) is 5.91 Å². The molecule has 1 N–H and O–H groups in total. The summed E-state index contributed by atoms with van der Waals surface area (Å²) in [5.74, 6) is 1.05. The van der Waals surface area contributed by atoms with Crippen molar-refractivity contribution in [2.24, 2.45) is 0 Å². The highest BCUT2D eigenvalue weighted by atomic mass is 32.1. The molecule has 0 saturated carbocycles. The highest BCUT2D eigenvalue weighted by Crippen LogP contribution is 2.38. The largest absolute Gasteiger partial charge is 0.493 e. The molecule has 0 unspecified atom stereocenters. The molecule has 1 saturated heterocycles. The number of piperazine rings is 1. The maximum absolute atomic E-state index is 12.9. The Hall–Kier alpha value is -3.04. The number of hydrogen-bond donors (Lipinski definition) is 1. The Morgan fingerprint density at radius 1 is 1.00 bits per heavy atom. The van der Waals surface area contributed by atoms with Crippen LogP contribution in [0, 0.1) is 0 Å². The van der Waals surface area contributed by atoms with Crippen molar-refractivity contribution in [3.63, 3.8) is 0 Å². The maximum Gasteiger partial charge on any atom is 0.255 e. The van der Waals surface area contributed by atoms with Crippen molar-refractivity contribution in [1.82, 2.24) is 9.88 Å². The second-order valence-corrected chi connectivity index (χ2v) is 8.35. The van der Waals surface area contributed by atoms with E-state index in [4.69, 9.17) is 19.2 Å². The molecule has 0 bridgehead atoms. The zero-order valence-electron chi connectivity index (χ0n) is 18.1. The molecule has 1 aromatic heterocycles. The zero-order valence-corrected chi connectivity index (χ0v) is 18.9. The van der Waals surface area contributed by atoms with E-state index >= 15 is 0 Å². The number of likely N-dealkylation sites (N-methyl/N-ethyl adjacent to an activating group) is 1. The third kappa shape index (κ3) is 4.38. The van der Waals surface area contributed by atoms with E-state index < -0.39 is 0 Å². The number of carbonyl (C=O) groups excluding carboxylic acids is 1. The summed E-state index contributed by atoms with van der Waals surface area (Å²) in [6.45, 7) is 4.01. The van der Waals surface area contributed by atoms with Gasteiger partial charge in [-0.3, -0.25) is 4.79 Å². The third-order valence-corrected chi connectivity index (χ3v) is 6.41. The highest BCUT2D eigenvalue weighted by molar-refractivity contribution is 7.22. The van der Waals surface area contributed by atoms with Crippen LogP contribution < -0.4 is 24.4 Å². The smallest absolute Gasteiger partial charge is 0.255 e. The standard InChI is InChI=1S/C22H26N4O4S/c1-25-7-9-26(10-8-25)22-24-16-6-5-15(13-19(16)31-22)23-21(27)14-11-17(28-2)20(30-4)18(12-14)29-3/h5-6,11-13H,7-10H2,1-4H3,(H,23,27). The summed E-state index contributed by atoms with van der Waals surface area (Å²) in [7, 11) is 6.71. The number of amides is 1. The summed E-state index contributed by atoms with van der Waals surface area (Å²) in [4.78, 5) is 22.3. The van der Waals surface area contributed by atoms with Gasteiger partial charge in [0, 0.05) is 37.4 Å². The zero-order chi connectivity index (χ0) is 22.0. The van der Waals surface area contributed by atoms with Gasteiger partial charge in [-0.1, -0.05) is 11.3 Å². The molecule has 3 aromatic rings. The second-order valence-electron chi connectivity index (χ2n) is 7.34. The van der Waals surface area contributed by atoms with E-state index in [1.807, 2.05) is 18.2 Å². The van der Waals surface area contributed by atoms with Crippen molar-refractivity contribution in [3.05, 3.63) is 35.9 Å². The van der Waals surface area contributed by atoms with E-state index in [1.54, 1.807) is 23.5 Å². The first-order valence-electron chi connectivity index (χ1n) is 9.98. The summed E-state index contributed by atoms with van der Waals surface area (Å²) in [6.07, 6.45) is 0. The number of ether oxygens (including phenoxy) is 3. The van der Waals surface area contributed by atoms with Crippen LogP contribution >= 0.6 is 11.3 Å². The lowest BCUT2D eigenvalue weighted by Crippen LogP contribution is -2.44. The number of hydrogen-bond acceptors (Lipinski definition) is 8. The van der Waals surface area contributed by atoms with E-state index in [0.29, 0.717) is 28.5 Å². The fourth-order valence-electron chi connectivity index (χ4n) is 3.54. The summed E-state index contributed by atoms with van der Waals surface area (Å²) in [5, 5.41) is 3.98. The average Bonchev–Trinajstić information content (AvgIpc) is 3.21. The number of methoxy groups -OCH3 is 3. The van der Waals surface area contributed by atoms with Crippen LogP contribution in [-0.2, 0) is 0 Å². The van der Waals surface area contributed by atoms with E-state index in [-0.39, 0.29) is 5.91 Å². The predicted molar refractivity (Wildman–Crippen MR) is 123 cm³/mol. The van der Waals surface area contributed by atoms with E-state index in [1.165, 1.54) is 21.3 Å².